The Bertz CT molecular complexity index is 1460. The molecule has 5 heterocycles. The average molecular weight is 531 g/mol. The summed E-state index contributed by atoms with van der Waals surface area (Å²) in [6, 6.07) is 7.80. The highest BCUT2D eigenvalue weighted by Gasteiger charge is 2.34. The van der Waals surface area contributed by atoms with Gasteiger partial charge in [-0.1, -0.05) is 13.8 Å². The summed E-state index contributed by atoms with van der Waals surface area (Å²) in [6.07, 6.45) is 7.10. The predicted molar refractivity (Wildman–Crippen MR) is 148 cm³/mol. The van der Waals surface area contributed by atoms with E-state index >= 15 is 0 Å². The molecule has 0 radical (unpaired) electrons. The van der Waals surface area contributed by atoms with Crippen molar-refractivity contribution in [3.63, 3.8) is 0 Å². The third kappa shape index (κ3) is 6.66. The molecule has 0 spiro atoms. The van der Waals surface area contributed by atoms with E-state index in [1.807, 2.05) is 68.3 Å². The van der Waals surface area contributed by atoms with Gasteiger partial charge in [0.05, 0.1) is 55.8 Å². The molecule has 4 aromatic rings. The number of rotatable bonds is 8. The molecule has 1 N–H and O–H groups in total. The summed E-state index contributed by atoms with van der Waals surface area (Å²) < 4.78 is 13.1. The monoisotopic (exact) mass is 530 g/mol. The Kier molecular flexibility index (Phi) is 7.42. The second-order valence-electron chi connectivity index (χ2n) is 11.0. The highest BCUT2D eigenvalue weighted by Crippen LogP contribution is 2.24. The van der Waals surface area contributed by atoms with Crippen LogP contribution in [0.5, 0.6) is 0 Å². The highest BCUT2D eigenvalue weighted by atomic mass is 16.6. The number of carbonyl (C=O) groups excluding carboxylic acids is 1. The Morgan fingerprint density at radius 2 is 1.90 bits per heavy atom. The van der Waals surface area contributed by atoms with Crippen LogP contribution in [-0.4, -0.2) is 72.3 Å². The number of nitrogens with zero attached hydrogens (tertiary/aromatic N) is 7. The Morgan fingerprint density at radius 3 is 2.67 bits per heavy atom. The molecule has 1 aliphatic heterocycles. The molecule has 0 bridgehead atoms. The number of pyridine rings is 2. The first-order valence-corrected chi connectivity index (χ1v) is 13.1. The first-order valence-electron chi connectivity index (χ1n) is 13.1. The first-order chi connectivity index (χ1) is 18.6. The van der Waals surface area contributed by atoms with E-state index in [1.54, 1.807) is 11.1 Å². The lowest BCUT2D eigenvalue weighted by Crippen LogP contribution is -2.56. The van der Waals surface area contributed by atoms with Gasteiger partial charge in [-0.3, -0.25) is 9.67 Å². The van der Waals surface area contributed by atoms with Gasteiger partial charge in [-0.05, 0) is 56.5 Å². The largest absolute Gasteiger partial charge is 0.444 e. The Balaban J connectivity index is 1.17. The third-order valence-corrected chi connectivity index (χ3v) is 6.28. The minimum absolute atomic E-state index is 0.0185. The van der Waals surface area contributed by atoms with Gasteiger partial charge in [-0.15, -0.1) is 5.10 Å². The van der Waals surface area contributed by atoms with Gasteiger partial charge in [-0.25, -0.2) is 9.78 Å². The molecule has 0 saturated carbocycles. The highest BCUT2D eigenvalue weighted by molar-refractivity contribution is 5.81. The van der Waals surface area contributed by atoms with Crippen LogP contribution >= 0.6 is 0 Å². The van der Waals surface area contributed by atoms with Crippen LogP contribution in [-0.2, 0) is 16.0 Å². The topological polar surface area (TPSA) is 120 Å². The molecule has 0 atom stereocenters. The predicted octanol–water partition coefficient (Wildman–Crippen LogP) is 4.79. The van der Waals surface area contributed by atoms with Crippen LogP contribution in [0, 0.1) is 0 Å². The molecule has 1 saturated heterocycles. The van der Waals surface area contributed by atoms with E-state index in [-0.39, 0.29) is 12.2 Å². The molecule has 1 fully saturated rings. The van der Waals surface area contributed by atoms with E-state index in [2.05, 4.69) is 39.4 Å². The lowest BCUT2D eigenvalue weighted by atomic mass is 10.1. The van der Waals surface area contributed by atoms with Gasteiger partial charge in [0.15, 0.2) is 5.82 Å². The van der Waals surface area contributed by atoms with Gasteiger partial charge in [0.25, 0.3) is 0 Å². The minimum atomic E-state index is -0.494. The molecule has 4 aromatic heterocycles. The van der Waals surface area contributed by atoms with Crippen molar-refractivity contribution in [2.45, 2.75) is 58.8 Å². The van der Waals surface area contributed by atoms with Crippen molar-refractivity contribution in [2.75, 3.05) is 25.0 Å². The van der Waals surface area contributed by atoms with Crippen molar-refractivity contribution in [3.05, 3.63) is 54.6 Å². The summed E-state index contributed by atoms with van der Waals surface area (Å²) in [7, 11) is 0. The van der Waals surface area contributed by atoms with Crippen LogP contribution in [0.4, 0.5) is 16.4 Å². The van der Waals surface area contributed by atoms with Crippen LogP contribution < -0.4 is 5.32 Å². The minimum Gasteiger partial charge on any atom is -0.444 e. The summed E-state index contributed by atoms with van der Waals surface area (Å²) in [6.45, 7) is 12.0. The summed E-state index contributed by atoms with van der Waals surface area (Å²) in [5.41, 5.74) is 4.04. The molecule has 1 aliphatic rings. The summed E-state index contributed by atoms with van der Waals surface area (Å²) in [5.74, 6) is 1.68. The molecule has 0 aliphatic carbocycles. The number of hydrogen-bond acceptors (Lipinski definition) is 9. The van der Waals surface area contributed by atoms with Crippen molar-refractivity contribution in [2.24, 2.45) is 0 Å². The fourth-order valence-corrected chi connectivity index (χ4v) is 4.09. The van der Waals surface area contributed by atoms with Gasteiger partial charge in [0.1, 0.15) is 11.4 Å². The number of ether oxygens (including phenoxy) is 2. The van der Waals surface area contributed by atoms with Gasteiger partial charge >= 0.3 is 6.09 Å². The zero-order valence-electron chi connectivity index (χ0n) is 23.0. The molecule has 0 aromatic carbocycles. The first kappa shape index (κ1) is 26.5. The number of fused-ring (bicyclic) bond motifs is 1. The maximum absolute atomic E-state index is 12.1. The zero-order valence-corrected chi connectivity index (χ0v) is 23.0. The average Bonchev–Trinajstić information content (AvgIpc) is 3.33. The summed E-state index contributed by atoms with van der Waals surface area (Å²) in [5, 5.41) is 16.0. The van der Waals surface area contributed by atoms with Gasteiger partial charge < -0.3 is 19.7 Å². The molecule has 0 unspecified atom stereocenters. The van der Waals surface area contributed by atoms with E-state index in [9.17, 15) is 4.79 Å². The Labute approximate surface area is 227 Å². The fraction of sp³-hybridized carbons (Fsp3) is 0.429. The van der Waals surface area contributed by atoms with E-state index in [4.69, 9.17) is 14.5 Å². The maximum Gasteiger partial charge on any atom is 0.410 e. The van der Waals surface area contributed by atoms with Gasteiger partial charge in [0.2, 0.25) is 0 Å². The standard InChI is InChI=1S/C28H34N8O3/c1-18(2)19-11-26(34-30-13-19)33-25-7-6-23-24(32-25)10-20(12-29-23)21-14-31-36(15-21)8-9-38-22-16-35(17-22)27(37)39-28(3,4)5/h6-7,10-15,18,22H,8-9,16-17H2,1-5H3,(H,32,33,34). The van der Waals surface area contributed by atoms with Gasteiger partial charge in [0, 0.05) is 23.5 Å². The lowest BCUT2D eigenvalue weighted by molar-refractivity contribution is -0.0650. The van der Waals surface area contributed by atoms with Crippen LogP contribution in [0.3, 0.4) is 0 Å². The van der Waals surface area contributed by atoms with E-state index in [0.29, 0.717) is 43.8 Å². The number of carbonyl (C=O) groups is 1. The second kappa shape index (κ2) is 10.9. The molecule has 5 rings (SSSR count). The van der Waals surface area contributed by atoms with E-state index < -0.39 is 5.60 Å². The number of likely N-dealkylation sites (tertiary alicyclic amines) is 1. The normalized spacial score (nSPS) is 14.1. The van der Waals surface area contributed by atoms with Crippen molar-refractivity contribution in [3.8, 4) is 11.1 Å². The fourth-order valence-electron chi connectivity index (χ4n) is 4.09. The molecule has 11 heteroatoms. The summed E-state index contributed by atoms with van der Waals surface area (Å²) in [4.78, 5) is 23.0. The van der Waals surface area contributed by atoms with Crippen molar-refractivity contribution in [1.29, 1.82) is 0 Å². The molecule has 1 amide bonds. The second-order valence-corrected chi connectivity index (χ2v) is 11.0. The van der Waals surface area contributed by atoms with Crippen molar-refractivity contribution < 1.29 is 14.3 Å². The molecular formula is C28H34N8O3. The van der Waals surface area contributed by atoms with Gasteiger partial charge in [-0.2, -0.15) is 10.2 Å². The Morgan fingerprint density at radius 1 is 1.08 bits per heavy atom. The molecule has 11 nitrogen and oxygen atoms in total. The zero-order chi connectivity index (χ0) is 27.6. The Hall–Kier alpha value is -4.12. The SMILES string of the molecule is CC(C)c1cnnc(Nc2ccc3ncc(-c4cnn(CCOC5CN(C(=O)OC(C)(C)C)C5)c4)cc3n2)c1. The number of nitrogens with one attached hydrogen (secondary N) is 1. The quantitative estimate of drug-likeness (QED) is 0.343. The summed E-state index contributed by atoms with van der Waals surface area (Å²) >= 11 is 0. The molecular weight excluding hydrogens is 496 g/mol. The van der Waals surface area contributed by atoms with Crippen molar-refractivity contribution in [1.82, 2.24) is 34.8 Å². The maximum atomic E-state index is 12.1. The molecule has 39 heavy (non-hydrogen) atoms. The smallest absolute Gasteiger partial charge is 0.410 e. The van der Waals surface area contributed by atoms with Crippen LogP contribution in [0.2, 0.25) is 0 Å². The van der Waals surface area contributed by atoms with Crippen molar-refractivity contribution >= 4 is 28.8 Å². The number of hydrogen-bond donors (Lipinski definition) is 1. The van der Waals surface area contributed by atoms with E-state index in [0.717, 1.165) is 27.7 Å². The third-order valence-electron chi connectivity index (χ3n) is 6.28. The van der Waals surface area contributed by atoms with Crippen LogP contribution in [0.25, 0.3) is 22.2 Å². The number of aromatic nitrogens is 6. The number of amides is 1. The van der Waals surface area contributed by atoms with Crippen LogP contribution in [0.1, 0.15) is 46.1 Å². The van der Waals surface area contributed by atoms with Crippen LogP contribution in [0.15, 0.2) is 49.1 Å². The number of anilines is 2. The lowest BCUT2D eigenvalue weighted by Gasteiger charge is -2.39. The van der Waals surface area contributed by atoms with E-state index in [1.165, 1.54) is 0 Å². The molecule has 204 valence electrons.